The Morgan fingerprint density at radius 1 is 1.23 bits per heavy atom. The van der Waals surface area contributed by atoms with E-state index in [1.54, 1.807) is 18.5 Å². The first-order chi connectivity index (χ1) is 12.4. The summed E-state index contributed by atoms with van der Waals surface area (Å²) >= 11 is 0. The molecule has 0 aliphatic carbocycles. The van der Waals surface area contributed by atoms with E-state index in [9.17, 15) is 5.11 Å². The lowest BCUT2D eigenvalue weighted by Crippen LogP contribution is -2.25. The second-order valence-corrected chi connectivity index (χ2v) is 7.26. The number of fused-ring (bicyclic) bond motifs is 1. The Labute approximate surface area is 152 Å². The van der Waals surface area contributed by atoms with Gasteiger partial charge in [0.2, 0.25) is 0 Å². The van der Waals surface area contributed by atoms with Gasteiger partial charge in [0, 0.05) is 23.7 Å². The van der Waals surface area contributed by atoms with Crippen LogP contribution in [0.1, 0.15) is 33.7 Å². The summed E-state index contributed by atoms with van der Waals surface area (Å²) in [5, 5.41) is 12.5. The van der Waals surface area contributed by atoms with Crippen LogP contribution in [0.4, 0.5) is 11.6 Å². The second-order valence-electron chi connectivity index (χ2n) is 7.26. The molecule has 0 aliphatic heterocycles. The van der Waals surface area contributed by atoms with Gasteiger partial charge in [0.25, 0.3) is 0 Å². The Morgan fingerprint density at radius 3 is 2.77 bits per heavy atom. The number of rotatable bonds is 7. The summed E-state index contributed by atoms with van der Waals surface area (Å²) in [6.07, 6.45) is 5.17. The van der Waals surface area contributed by atoms with Crippen molar-refractivity contribution in [2.75, 3.05) is 18.5 Å². The molecule has 0 unspecified atom stereocenters. The van der Waals surface area contributed by atoms with Gasteiger partial charge in [0.05, 0.1) is 31.3 Å². The van der Waals surface area contributed by atoms with Gasteiger partial charge in [-0.25, -0.2) is 15.0 Å². The normalized spacial score (nSPS) is 11.9. The Morgan fingerprint density at radius 2 is 2.04 bits per heavy atom. The van der Waals surface area contributed by atoms with Gasteiger partial charge < -0.3 is 19.7 Å². The van der Waals surface area contributed by atoms with E-state index >= 15 is 0 Å². The standard InChI is InChI=1S/C18H24N6O2/c1-12(2)24-11-21-13-8-20-16(7-14(13)24)22-15-5-6-19-17(23-15)26-10-18(3,4)9-25/h5-8,11-12,25H,9-10H2,1-4H3,(H,19,20,22,23). The average molecular weight is 356 g/mol. The zero-order chi connectivity index (χ0) is 18.7. The van der Waals surface area contributed by atoms with Crippen LogP contribution in [0.25, 0.3) is 11.0 Å². The minimum absolute atomic E-state index is 0.0262. The zero-order valence-corrected chi connectivity index (χ0v) is 15.5. The number of pyridine rings is 1. The van der Waals surface area contributed by atoms with Crippen LogP contribution in [0.5, 0.6) is 6.01 Å². The molecule has 3 heterocycles. The van der Waals surface area contributed by atoms with Gasteiger partial charge in [-0.3, -0.25) is 0 Å². The van der Waals surface area contributed by atoms with Crippen molar-refractivity contribution in [3.63, 3.8) is 0 Å². The maximum atomic E-state index is 9.30. The summed E-state index contributed by atoms with van der Waals surface area (Å²) in [4.78, 5) is 17.2. The number of aromatic nitrogens is 5. The molecule has 3 aromatic rings. The van der Waals surface area contributed by atoms with Crippen molar-refractivity contribution in [1.29, 1.82) is 0 Å². The Hall–Kier alpha value is -2.74. The summed E-state index contributed by atoms with van der Waals surface area (Å²) in [6, 6.07) is 4.25. The minimum atomic E-state index is -0.353. The maximum absolute atomic E-state index is 9.30. The third-order valence-electron chi connectivity index (χ3n) is 3.93. The first kappa shape index (κ1) is 18.1. The largest absolute Gasteiger partial charge is 0.463 e. The van der Waals surface area contributed by atoms with Crippen LogP contribution >= 0.6 is 0 Å². The van der Waals surface area contributed by atoms with Gasteiger partial charge in [-0.1, -0.05) is 13.8 Å². The van der Waals surface area contributed by atoms with Gasteiger partial charge in [-0.15, -0.1) is 0 Å². The molecule has 3 aromatic heterocycles. The van der Waals surface area contributed by atoms with E-state index in [4.69, 9.17) is 4.74 Å². The molecule has 0 radical (unpaired) electrons. The van der Waals surface area contributed by atoms with E-state index in [2.05, 4.69) is 43.7 Å². The summed E-state index contributed by atoms with van der Waals surface area (Å²) in [5.74, 6) is 1.25. The summed E-state index contributed by atoms with van der Waals surface area (Å²) in [5.41, 5.74) is 1.50. The number of imidazole rings is 1. The fourth-order valence-electron chi connectivity index (χ4n) is 2.33. The first-order valence-corrected chi connectivity index (χ1v) is 8.54. The van der Waals surface area contributed by atoms with E-state index < -0.39 is 0 Å². The van der Waals surface area contributed by atoms with Crippen LogP contribution < -0.4 is 10.1 Å². The predicted octanol–water partition coefficient (Wildman–Crippen LogP) is 2.94. The van der Waals surface area contributed by atoms with E-state index in [1.807, 2.05) is 26.2 Å². The number of aliphatic hydroxyl groups excluding tert-OH is 1. The molecule has 8 nitrogen and oxygen atoms in total. The number of hydrogen-bond donors (Lipinski definition) is 2. The number of ether oxygens (including phenoxy) is 1. The highest BCUT2D eigenvalue weighted by molar-refractivity contribution is 5.78. The molecule has 0 atom stereocenters. The molecule has 138 valence electrons. The highest BCUT2D eigenvalue weighted by Crippen LogP contribution is 2.22. The molecule has 0 fully saturated rings. The SMILES string of the molecule is CC(C)n1cnc2cnc(Nc3ccnc(OCC(C)(C)CO)n3)cc21. The fourth-order valence-corrected chi connectivity index (χ4v) is 2.33. The second kappa shape index (κ2) is 7.25. The van der Waals surface area contributed by atoms with Crippen LogP contribution in [-0.4, -0.2) is 42.8 Å². The van der Waals surface area contributed by atoms with E-state index in [0.29, 0.717) is 24.3 Å². The highest BCUT2D eigenvalue weighted by atomic mass is 16.5. The van der Waals surface area contributed by atoms with Crippen molar-refractivity contribution in [1.82, 2.24) is 24.5 Å². The van der Waals surface area contributed by atoms with Gasteiger partial charge in [-0.05, 0) is 19.9 Å². The summed E-state index contributed by atoms with van der Waals surface area (Å²) in [6.45, 7) is 8.38. The molecule has 0 saturated carbocycles. The molecular formula is C18H24N6O2. The first-order valence-electron chi connectivity index (χ1n) is 8.54. The number of anilines is 2. The topological polar surface area (TPSA) is 98.0 Å². The summed E-state index contributed by atoms with van der Waals surface area (Å²) < 4.78 is 7.68. The summed E-state index contributed by atoms with van der Waals surface area (Å²) in [7, 11) is 0. The van der Waals surface area contributed by atoms with Gasteiger partial charge >= 0.3 is 6.01 Å². The molecule has 0 saturated heterocycles. The fraction of sp³-hybridized carbons (Fsp3) is 0.444. The number of hydrogen-bond acceptors (Lipinski definition) is 7. The molecule has 8 heteroatoms. The molecule has 0 spiro atoms. The molecular weight excluding hydrogens is 332 g/mol. The van der Waals surface area contributed by atoms with Crippen LogP contribution in [0.2, 0.25) is 0 Å². The number of aliphatic hydroxyl groups is 1. The molecule has 0 amide bonds. The van der Waals surface area contributed by atoms with Crippen molar-refractivity contribution < 1.29 is 9.84 Å². The van der Waals surface area contributed by atoms with E-state index in [0.717, 1.165) is 11.0 Å². The Bertz CT molecular complexity index is 890. The van der Waals surface area contributed by atoms with Crippen LogP contribution in [0.3, 0.4) is 0 Å². The van der Waals surface area contributed by atoms with Crippen molar-refractivity contribution in [3.05, 3.63) is 30.9 Å². The minimum Gasteiger partial charge on any atom is -0.463 e. The van der Waals surface area contributed by atoms with Gasteiger partial charge in [0.15, 0.2) is 0 Å². The lowest BCUT2D eigenvalue weighted by atomic mass is 9.97. The lowest BCUT2D eigenvalue weighted by molar-refractivity contribution is 0.0925. The number of nitrogens with one attached hydrogen (secondary N) is 1. The average Bonchev–Trinajstić information content (AvgIpc) is 3.04. The number of nitrogens with zero attached hydrogens (tertiary/aromatic N) is 5. The zero-order valence-electron chi connectivity index (χ0n) is 15.5. The van der Waals surface area contributed by atoms with Crippen molar-refractivity contribution in [2.24, 2.45) is 5.41 Å². The molecule has 0 aliphatic rings. The monoisotopic (exact) mass is 356 g/mol. The van der Waals surface area contributed by atoms with Gasteiger partial charge in [0.1, 0.15) is 17.2 Å². The highest BCUT2D eigenvalue weighted by Gasteiger charge is 2.18. The predicted molar refractivity (Wildman–Crippen MR) is 99.6 cm³/mol. The molecule has 2 N–H and O–H groups in total. The molecule has 0 aromatic carbocycles. The Kier molecular flexibility index (Phi) is 5.03. The van der Waals surface area contributed by atoms with Crippen molar-refractivity contribution in [3.8, 4) is 6.01 Å². The molecule has 26 heavy (non-hydrogen) atoms. The van der Waals surface area contributed by atoms with Crippen LogP contribution in [-0.2, 0) is 0 Å². The van der Waals surface area contributed by atoms with E-state index in [1.165, 1.54) is 0 Å². The van der Waals surface area contributed by atoms with E-state index in [-0.39, 0.29) is 18.0 Å². The third kappa shape index (κ3) is 4.08. The van der Waals surface area contributed by atoms with Gasteiger partial charge in [-0.2, -0.15) is 4.98 Å². The van der Waals surface area contributed by atoms with Crippen LogP contribution in [0, 0.1) is 5.41 Å². The lowest BCUT2D eigenvalue weighted by Gasteiger charge is -2.20. The molecule has 0 bridgehead atoms. The molecule has 3 rings (SSSR count). The quantitative estimate of drug-likeness (QED) is 0.671. The van der Waals surface area contributed by atoms with Crippen molar-refractivity contribution in [2.45, 2.75) is 33.7 Å². The third-order valence-corrected chi connectivity index (χ3v) is 3.93. The smallest absolute Gasteiger partial charge is 0.318 e. The maximum Gasteiger partial charge on any atom is 0.318 e. The van der Waals surface area contributed by atoms with Crippen molar-refractivity contribution >= 4 is 22.7 Å². The van der Waals surface area contributed by atoms with Crippen LogP contribution in [0.15, 0.2) is 30.9 Å². The Balaban J connectivity index is 1.77.